The van der Waals surface area contributed by atoms with E-state index >= 15 is 0 Å². The maximum Gasteiger partial charge on any atom is 0.319 e. The van der Waals surface area contributed by atoms with E-state index in [0.717, 1.165) is 5.56 Å². The van der Waals surface area contributed by atoms with Crippen LogP contribution in [-0.2, 0) is 6.54 Å². The molecule has 18 heavy (non-hydrogen) atoms. The maximum atomic E-state index is 11.8. The van der Waals surface area contributed by atoms with Gasteiger partial charge in [0.05, 0.1) is 4.92 Å². The number of urea groups is 1. The van der Waals surface area contributed by atoms with Gasteiger partial charge in [-0.2, -0.15) is 0 Å². The fraction of sp³-hybridized carbons (Fsp3) is 0.417. The van der Waals surface area contributed by atoms with E-state index in [0.29, 0.717) is 13.1 Å². The van der Waals surface area contributed by atoms with Gasteiger partial charge in [0.1, 0.15) is 0 Å². The fourth-order valence-electron chi connectivity index (χ4n) is 1.54. The number of rotatable bonds is 4. The van der Waals surface area contributed by atoms with E-state index in [-0.39, 0.29) is 11.7 Å². The Kier molecular flexibility index (Phi) is 4.65. The molecule has 98 valence electrons. The zero-order valence-corrected chi connectivity index (χ0v) is 10.8. The molecule has 0 aliphatic carbocycles. The summed E-state index contributed by atoms with van der Waals surface area (Å²) in [7, 11) is 3.39. The van der Waals surface area contributed by atoms with Gasteiger partial charge in [0.15, 0.2) is 0 Å². The van der Waals surface area contributed by atoms with Crippen molar-refractivity contribution in [3.8, 4) is 0 Å². The van der Waals surface area contributed by atoms with Gasteiger partial charge in [-0.15, -0.1) is 0 Å². The highest BCUT2D eigenvalue weighted by atomic mass is 16.6. The van der Waals surface area contributed by atoms with Gasteiger partial charge < -0.3 is 9.80 Å². The molecule has 0 bridgehead atoms. The standard InChI is InChI=1S/C12H17N3O3/c1-4-14(12(16)13(2)3)9-10-5-7-11(8-6-10)15(17)18/h5-8H,4,9H2,1-3H3. The van der Waals surface area contributed by atoms with Crippen molar-refractivity contribution in [3.05, 3.63) is 39.9 Å². The number of carbonyl (C=O) groups excluding carboxylic acids is 1. The van der Waals surface area contributed by atoms with E-state index in [4.69, 9.17) is 0 Å². The predicted octanol–water partition coefficient (Wildman–Crippen LogP) is 2.10. The van der Waals surface area contributed by atoms with Crippen molar-refractivity contribution in [2.75, 3.05) is 20.6 Å². The number of nitro benzene ring substituents is 1. The van der Waals surface area contributed by atoms with Crippen LogP contribution in [0.5, 0.6) is 0 Å². The molecule has 0 saturated carbocycles. The van der Waals surface area contributed by atoms with Gasteiger partial charge in [0.25, 0.3) is 5.69 Å². The Hall–Kier alpha value is -2.11. The first kappa shape index (κ1) is 14.0. The Morgan fingerprint density at radius 2 is 1.83 bits per heavy atom. The average Bonchev–Trinajstić information content (AvgIpc) is 2.35. The zero-order chi connectivity index (χ0) is 13.7. The lowest BCUT2D eigenvalue weighted by atomic mass is 10.2. The van der Waals surface area contributed by atoms with Crippen molar-refractivity contribution in [3.63, 3.8) is 0 Å². The molecule has 6 nitrogen and oxygen atoms in total. The van der Waals surface area contributed by atoms with Gasteiger partial charge >= 0.3 is 6.03 Å². The van der Waals surface area contributed by atoms with Crippen LogP contribution in [0.15, 0.2) is 24.3 Å². The molecule has 1 aromatic rings. The van der Waals surface area contributed by atoms with Crippen LogP contribution in [0.1, 0.15) is 12.5 Å². The van der Waals surface area contributed by atoms with E-state index in [1.807, 2.05) is 6.92 Å². The highest BCUT2D eigenvalue weighted by Gasteiger charge is 2.14. The second-order valence-corrected chi connectivity index (χ2v) is 4.11. The molecule has 1 aromatic carbocycles. The normalized spacial score (nSPS) is 9.94. The molecule has 0 fully saturated rings. The van der Waals surface area contributed by atoms with Crippen molar-refractivity contribution in [1.29, 1.82) is 0 Å². The molecule has 0 spiro atoms. The molecule has 0 saturated heterocycles. The van der Waals surface area contributed by atoms with Crippen molar-refractivity contribution in [2.24, 2.45) is 0 Å². The first-order valence-corrected chi connectivity index (χ1v) is 5.65. The van der Waals surface area contributed by atoms with E-state index < -0.39 is 4.92 Å². The summed E-state index contributed by atoms with van der Waals surface area (Å²) >= 11 is 0. The summed E-state index contributed by atoms with van der Waals surface area (Å²) in [5, 5.41) is 10.5. The van der Waals surface area contributed by atoms with Crippen LogP contribution in [0.3, 0.4) is 0 Å². The van der Waals surface area contributed by atoms with Crippen LogP contribution in [0.2, 0.25) is 0 Å². The van der Waals surface area contributed by atoms with Gasteiger partial charge in [-0.05, 0) is 12.5 Å². The minimum Gasteiger partial charge on any atom is -0.331 e. The third kappa shape index (κ3) is 3.44. The van der Waals surface area contributed by atoms with E-state index in [1.165, 1.54) is 17.0 Å². The molecular formula is C12H17N3O3. The highest BCUT2D eigenvalue weighted by Crippen LogP contribution is 2.13. The number of benzene rings is 1. The number of hydrogen-bond donors (Lipinski definition) is 0. The quantitative estimate of drug-likeness (QED) is 0.608. The van der Waals surface area contributed by atoms with Crippen LogP contribution in [-0.4, -0.2) is 41.4 Å². The monoisotopic (exact) mass is 251 g/mol. The third-order valence-corrected chi connectivity index (χ3v) is 2.56. The summed E-state index contributed by atoms with van der Waals surface area (Å²) < 4.78 is 0. The summed E-state index contributed by atoms with van der Waals surface area (Å²) in [6.45, 7) is 2.94. The van der Waals surface area contributed by atoms with Crippen molar-refractivity contribution in [1.82, 2.24) is 9.80 Å². The lowest BCUT2D eigenvalue weighted by Gasteiger charge is -2.24. The van der Waals surface area contributed by atoms with Gasteiger partial charge in [-0.25, -0.2) is 4.79 Å². The summed E-state index contributed by atoms with van der Waals surface area (Å²) in [6.07, 6.45) is 0. The molecule has 2 amide bonds. The minimum atomic E-state index is -0.438. The second kappa shape index (κ2) is 6.00. The Bertz CT molecular complexity index is 429. The number of carbonyl (C=O) groups is 1. The van der Waals surface area contributed by atoms with Crippen LogP contribution < -0.4 is 0 Å². The molecule has 6 heteroatoms. The lowest BCUT2D eigenvalue weighted by molar-refractivity contribution is -0.384. The largest absolute Gasteiger partial charge is 0.331 e. The van der Waals surface area contributed by atoms with E-state index in [9.17, 15) is 14.9 Å². The predicted molar refractivity (Wildman–Crippen MR) is 68.3 cm³/mol. The topological polar surface area (TPSA) is 66.7 Å². The minimum absolute atomic E-state index is 0.0562. The first-order valence-electron chi connectivity index (χ1n) is 5.65. The fourth-order valence-corrected chi connectivity index (χ4v) is 1.54. The molecule has 0 heterocycles. The average molecular weight is 251 g/mol. The molecule has 1 rings (SSSR count). The molecule has 0 radical (unpaired) electrons. The number of nitrogens with zero attached hydrogens (tertiary/aromatic N) is 3. The number of nitro groups is 1. The van der Waals surface area contributed by atoms with Crippen LogP contribution >= 0.6 is 0 Å². The summed E-state index contributed by atoms with van der Waals surface area (Å²) in [4.78, 5) is 25.1. The summed E-state index contributed by atoms with van der Waals surface area (Å²) in [6, 6.07) is 6.16. The molecule has 0 atom stereocenters. The molecule has 0 aromatic heterocycles. The first-order chi connectivity index (χ1) is 8.45. The molecule has 0 aliphatic heterocycles. The Balaban J connectivity index is 2.76. The maximum absolute atomic E-state index is 11.8. The SMILES string of the molecule is CCN(Cc1ccc([N+](=O)[O-])cc1)C(=O)N(C)C. The van der Waals surface area contributed by atoms with Crippen LogP contribution in [0, 0.1) is 10.1 Å². The zero-order valence-electron chi connectivity index (χ0n) is 10.8. The Morgan fingerprint density at radius 1 is 1.28 bits per heavy atom. The molecular weight excluding hydrogens is 234 g/mol. The number of non-ortho nitro benzene ring substituents is 1. The van der Waals surface area contributed by atoms with Crippen molar-refractivity contribution in [2.45, 2.75) is 13.5 Å². The van der Waals surface area contributed by atoms with Gasteiger partial charge in [-0.1, -0.05) is 12.1 Å². The summed E-state index contributed by atoms with van der Waals surface area (Å²) in [5.41, 5.74) is 0.929. The highest BCUT2D eigenvalue weighted by molar-refractivity contribution is 5.73. The number of hydrogen-bond acceptors (Lipinski definition) is 3. The van der Waals surface area contributed by atoms with Crippen molar-refractivity contribution < 1.29 is 9.72 Å². The van der Waals surface area contributed by atoms with Crippen molar-refractivity contribution >= 4 is 11.7 Å². The molecule has 0 N–H and O–H groups in total. The van der Waals surface area contributed by atoms with Gasteiger partial charge in [-0.3, -0.25) is 10.1 Å². The van der Waals surface area contributed by atoms with E-state index in [2.05, 4.69) is 0 Å². The van der Waals surface area contributed by atoms with Crippen LogP contribution in [0.25, 0.3) is 0 Å². The second-order valence-electron chi connectivity index (χ2n) is 4.11. The third-order valence-electron chi connectivity index (χ3n) is 2.56. The van der Waals surface area contributed by atoms with E-state index in [1.54, 1.807) is 31.1 Å². The Morgan fingerprint density at radius 3 is 2.22 bits per heavy atom. The molecule has 0 unspecified atom stereocenters. The molecule has 0 aliphatic rings. The summed E-state index contributed by atoms with van der Waals surface area (Å²) in [5.74, 6) is 0. The lowest BCUT2D eigenvalue weighted by Crippen LogP contribution is -2.38. The smallest absolute Gasteiger partial charge is 0.319 e. The van der Waals surface area contributed by atoms with Crippen LogP contribution in [0.4, 0.5) is 10.5 Å². The number of amides is 2. The van der Waals surface area contributed by atoms with Gasteiger partial charge in [0, 0.05) is 39.3 Å². The van der Waals surface area contributed by atoms with Gasteiger partial charge in [0.2, 0.25) is 0 Å². The Labute approximate surface area is 106 Å².